The molecule has 9 nitrogen and oxygen atoms in total. The summed E-state index contributed by atoms with van der Waals surface area (Å²) in [5, 5.41) is 9.19. The Morgan fingerprint density at radius 2 is 1.97 bits per heavy atom. The SMILES string of the molecule is CN1CCNc2ncnc3c2/C(=C/Nc2cccc(c2)OCCCCCC1=O)C(=O)N3. The van der Waals surface area contributed by atoms with E-state index in [4.69, 9.17) is 4.74 Å². The smallest absolute Gasteiger partial charge is 0.259 e. The molecule has 9 heteroatoms. The first-order valence-corrected chi connectivity index (χ1v) is 10.5. The number of likely N-dealkylation sites (N-methyl/N-ethyl adjacent to an activating group) is 1. The van der Waals surface area contributed by atoms with E-state index < -0.39 is 0 Å². The third-order valence-corrected chi connectivity index (χ3v) is 5.28. The first kappa shape index (κ1) is 20.6. The van der Waals surface area contributed by atoms with Crippen LogP contribution in [0.5, 0.6) is 5.75 Å². The Morgan fingerprint density at radius 3 is 2.87 bits per heavy atom. The summed E-state index contributed by atoms with van der Waals surface area (Å²) in [6.07, 6.45) is 6.23. The molecule has 0 atom stereocenters. The minimum absolute atomic E-state index is 0.114. The van der Waals surface area contributed by atoms with Crippen LogP contribution in [0.3, 0.4) is 0 Å². The fraction of sp³-hybridized carbons (Fsp3) is 0.364. The van der Waals surface area contributed by atoms with Crippen molar-refractivity contribution in [1.82, 2.24) is 14.9 Å². The van der Waals surface area contributed by atoms with Gasteiger partial charge in [0, 0.05) is 44.5 Å². The molecule has 0 saturated heterocycles. The number of rotatable bonds is 0. The van der Waals surface area contributed by atoms with Gasteiger partial charge in [-0.3, -0.25) is 9.59 Å². The van der Waals surface area contributed by atoms with Crippen molar-refractivity contribution in [2.75, 3.05) is 42.7 Å². The summed E-state index contributed by atoms with van der Waals surface area (Å²) in [7, 11) is 1.80. The zero-order valence-corrected chi connectivity index (χ0v) is 17.5. The largest absolute Gasteiger partial charge is 0.494 e. The van der Waals surface area contributed by atoms with Gasteiger partial charge in [0.25, 0.3) is 5.91 Å². The summed E-state index contributed by atoms with van der Waals surface area (Å²) in [6.45, 7) is 1.64. The van der Waals surface area contributed by atoms with Crippen molar-refractivity contribution in [3.8, 4) is 5.75 Å². The standard InChI is InChI=1S/C22H26N6O3/c1-28-10-9-23-20-19-17(22(30)27-21(19)26-14-25-20)13-24-15-6-5-7-16(12-15)31-11-4-2-3-8-18(28)29/h5-7,12-14,24H,2-4,8-11H2,1H3,(H2,23,25,26,27,30)/b17-13-. The molecule has 1 aromatic heterocycles. The van der Waals surface area contributed by atoms with Gasteiger partial charge in [-0.1, -0.05) is 6.07 Å². The summed E-state index contributed by atoms with van der Waals surface area (Å²) < 4.78 is 5.84. The number of ether oxygens (including phenoxy) is 1. The van der Waals surface area contributed by atoms with E-state index in [2.05, 4.69) is 25.9 Å². The predicted octanol–water partition coefficient (Wildman–Crippen LogP) is 2.70. The maximum Gasteiger partial charge on any atom is 0.259 e. The fourth-order valence-electron chi connectivity index (χ4n) is 3.53. The fourth-order valence-corrected chi connectivity index (χ4v) is 3.53. The highest BCUT2D eigenvalue weighted by Crippen LogP contribution is 2.34. The Kier molecular flexibility index (Phi) is 6.30. The lowest BCUT2D eigenvalue weighted by atomic mass is 10.1. The van der Waals surface area contributed by atoms with Crippen LogP contribution in [0.1, 0.15) is 31.2 Å². The third-order valence-electron chi connectivity index (χ3n) is 5.28. The molecule has 3 heterocycles. The minimum Gasteiger partial charge on any atom is -0.494 e. The highest BCUT2D eigenvalue weighted by molar-refractivity contribution is 6.32. The van der Waals surface area contributed by atoms with Gasteiger partial charge in [0.05, 0.1) is 17.7 Å². The number of carbonyl (C=O) groups excluding carboxylic acids is 2. The Morgan fingerprint density at radius 1 is 1.10 bits per heavy atom. The molecule has 0 unspecified atom stereocenters. The van der Waals surface area contributed by atoms with Crippen LogP contribution in [0.4, 0.5) is 17.3 Å². The number of anilines is 3. The molecular formula is C22H26N6O3. The molecule has 2 bridgehead atoms. The van der Waals surface area contributed by atoms with E-state index in [0.717, 1.165) is 30.7 Å². The molecule has 2 aromatic rings. The van der Waals surface area contributed by atoms with Crippen LogP contribution < -0.4 is 20.7 Å². The quantitative estimate of drug-likeness (QED) is 0.599. The van der Waals surface area contributed by atoms with E-state index in [0.29, 0.717) is 48.9 Å². The molecule has 3 N–H and O–H groups in total. The van der Waals surface area contributed by atoms with E-state index in [1.807, 2.05) is 24.3 Å². The molecule has 0 radical (unpaired) electrons. The van der Waals surface area contributed by atoms with Crippen LogP contribution in [-0.2, 0) is 9.59 Å². The van der Waals surface area contributed by atoms with E-state index in [1.54, 1.807) is 18.1 Å². The lowest BCUT2D eigenvalue weighted by molar-refractivity contribution is -0.129. The number of benzene rings is 1. The molecule has 31 heavy (non-hydrogen) atoms. The van der Waals surface area contributed by atoms with Crippen molar-refractivity contribution in [3.63, 3.8) is 0 Å². The second kappa shape index (κ2) is 9.46. The van der Waals surface area contributed by atoms with Gasteiger partial charge in [-0.25, -0.2) is 9.97 Å². The number of hydrogen-bond acceptors (Lipinski definition) is 7. The summed E-state index contributed by atoms with van der Waals surface area (Å²) in [5.74, 6) is 1.62. The topological polar surface area (TPSA) is 108 Å². The minimum atomic E-state index is -0.253. The van der Waals surface area contributed by atoms with Crippen molar-refractivity contribution < 1.29 is 14.3 Å². The number of carbonyl (C=O) groups is 2. The van der Waals surface area contributed by atoms with Crippen LogP contribution in [0.2, 0.25) is 0 Å². The molecule has 4 rings (SSSR count). The van der Waals surface area contributed by atoms with Gasteiger partial charge in [-0.15, -0.1) is 0 Å². The molecule has 0 fully saturated rings. The van der Waals surface area contributed by atoms with Gasteiger partial charge >= 0.3 is 0 Å². The molecule has 2 aliphatic rings. The second-order valence-electron chi connectivity index (χ2n) is 7.53. The first-order valence-electron chi connectivity index (χ1n) is 10.5. The van der Waals surface area contributed by atoms with Crippen LogP contribution in [0, 0.1) is 0 Å². The number of aromatic nitrogens is 2. The molecule has 0 saturated carbocycles. The maximum atomic E-state index is 12.5. The van der Waals surface area contributed by atoms with Crippen molar-refractivity contribution >= 4 is 34.7 Å². The Balaban J connectivity index is 1.61. The Bertz CT molecular complexity index is 1010. The molecule has 2 amide bonds. The van der Waals surface area contributed by atoms with E-state index in [9.17, 15) is 9.59 Å². The summed E-state index contributed by atoms with van der Waals surface area (Å²) in [5.41, 5.74) is 1.86. The lowest BCUT2D eigenvalue weighted by Gasteiger charge is -2.18. The van der Waals surface area contributed by atoms with Crippen LogP contribution in [0.15, 0.2) is 36.8 Å². The third kappa shape index (κ3) is 4.93. The molecular weight excluding hydrogens is 396 g/mol. The monoisotopic (exact) mass is 422 g/mol. The van der Waals surface area contributed by atoms with Crippen molar-refractivity contribution in [1.29, 1.82) is 0 Å². The van der Waals surface area contributed by atoms with Crippen LogP contribution in [0.25, 0.3) is 5.57 Å². The maximum absolute atomic E-state index is 12.5. The van der Waals surface area contributed by atoms with Gasteiger partial charge in [-0.05, 0) is 31.4 Å². The number of nitrogens with one attached hydrogen (secondary N) is 3. The van der Waals surface area contributed by atoms with E-state index >= 15 is 0 Å². The highest BCUT2D eigenvalue weighted by atomic mass is 16.5. The summed E-state index contributed by atoms with van der Waals surface area (Å²) >= 11 is 0. The summed E-state index contributed by atoms with van der Waals surface area (Å²) in [6, 6.07) is 7.58. The van der Waals surface area contributed by atoms with Gasteiger partial charge in [0.2, 0.25) is 5.91 Å². The number of hydrogen-bond donors (Lipinski definition) is 3. The molecule has 162 valence electrons. The average molecular weight is 422 g/mol. The van der Waals surface area contributed by atoms with Gasteiger partial charge in [-0.2, -0.15) is 0 Å². The van der Waals surface area contributed by atoms with Crippen molar-refractivity contribution in [2.24, 2.45) is 0 Å². The first-order chi connectivity index (χ1) is 15.1. The van der Waals surface area contributed by atoms with Crippen LogP contribution >= 0.6 is 0 Å². The Hall–Kier alpha value is -3.62. The normalized spacial score (nSPS) is 19.3. The van der Waals surface area contributed by atoms with E-state index in [1.165, 1.54) is 6.33 Å². The van der Waals surface area contributed by atoms with Crippen molar-refractivity contribution in [2.45, 2.75) is 25.7 Å². The number of amides is 2. The van der Waals surface area contributed by atoms with Gasteiger partial charge in [0.15, 0.2) is 0 Å². The molecule has 2 aliphatic heterocycles. The zero-order valence-electron chi connectivity index (χ0n) is 17.5. The molecule has 1 aromatic carbocycles. The zero-order chi connectivity index (χ0) is 21.6. The Labute approximate surface area is 180 Å². The van der Waals surface area contributed by atoms with Crippen LogP contribution in [-0.4, -0.2) is 53.4 Å². The summed E-state index contributed by atoms with van der Waals surface area (Å²) in [4.78, 5) is 35.1. The van der Waals surface area contributed by atoms with E-state index in [-0.39, 0.29) is 11.8 Å². The number of nitrogens with zero attached hydrogens (tertiary/aromatic N) is 3. The van der Waals surface area contributed by atoms with Gasteiger partial charge in [0.1, 0.15) is 23.7 Å². The van der Waals surface area contributed by atoms with Crippen molar-refractivity contribution in [3.05, 3.63) is 42.4 Å². The lowest BCUT2D eigenvalue weighted by Crippen LogP contribution is -2.31. The second-order valence-corrected chi connectivity index (χ2v) is 7.53. The number of fused-ring (bicyclic) bond motifs is 2. The average Bonchev–Trinajstić information content (AvgIpc) is 3.10. The molecule has 0 aliphatic carbocycles. The molecule has 0 spiro atoms. The van der Waals surface area contributed by atoms with Gasteiger partial charge < -0.3 is 25.6 Å². The highest BCUT2D eigenvalue weighted by Gasteiger charge is 2.29. The predicted molar refractivity (Wildman–Crippen MR) is 119 cm³/mol.